The summed E-state index contributed by atoms with van der Waals surface area (Å²) in [5.41, 5.74) is 4.10. The maximum atomic E-state index is 6.06. The molecular weight excluding hydrogens is 465 g/mol. The van der Waals surface area contributed by atoms with Gasteiger partial charge in [-0.25, -0.2) is 0 Å². The van der Waals surface area contributed by atoms with E-state index in [1.807, 2.05) is 11.7 Å². The smallest absolute Gasteiger partial charge is 0.191 e. The Bertz CT molecular complexity index is 727. The lowest BCUT2D eigenvalue weighted by molar-refractivity contribution is -0.171. The summed E-state index contributed by atoms with van der Waals surface area (Å²) in [4.78, 5) is 4.75. The summed E-state index contributed by atoms with van der Waals surface area (Å²) in [5.74, 6) is 1.62. The van der Waals surface area contributed by atoms with Crippen molar-refractivity contribution in [1.29, 1.82) is 0 Å². The molecule has 4 unspecified atom stereocenters. The normalized spacial score (nSPS) is 28.8. The topological polar surface area (TPSA) is 63.5 Å². The molecule has 2 aliphatic carbocycles. The number of hydrogen-bond acceptors (Lipinski definition) is 3. The van der Waals surface area contributed by atoms with Gasteiger partial charge in [0.15, 0.2) is 5.96 Å². The van der Waals surface area contributed by atoms with E-state index in [1.165, 1.54) is 36.9 Å². The van der Waals surface area contributed by atoms with Crippen LogP contribution in [0.4, 0.5) is 0 Å². The third-order valence-corrected chi connectivity index (χ3v) is 7.20. The average molecular weight is 501 g/mol. The zero-order valence-corrected chi connectivity index (χ0v) is 20.2. The van der Waals surface area contributed by atoms with Crippen molar-refractivity contribution in [2.75, 3.05) is 13.2 Å². The fourth-order valence-electron chi connectivity index (χ4n) is 5.60. The molecule has 158 valence electrons. The number of guanidine groups is 1. The van der Waals surface area contributed by atoms with Crippen LogP contribution in [0.5, 0.6) is 0 Å². The van der Waals surface area contributed by atoms with Crippen LogP contribution < -0.4 is 10.6 Å². The van der Waals surface area contributed by atoms with Crippen LogP contribution in [0.15, 0.2) is 4.99 Å². The fourth-order valence-corrected chi connectivity index (χ4v) is 5.60. The number of ether oxygens (including phenoxy) is 1. The van der Waals surface area contributed by atoms with Gasteiger partial charge in [-0.1, -0.05) is 6.42 Å². The summed E-state index contributed by atoms with van der Waals surface area (Å²) in [6.07, 6.45) is 6.58. The Morgan fingerprint density at radius 2 is 2.14 bits per heavy atom. The minimum atomic E-state index is 0. The first-order chi connectivity index (χ1) is 13.0. The van der Waals surface area contributed by atoms with Crippen molar-refractivity contribution >= 4 is 29.9 Å². The Kier molecular flexibility index (Phi) is 6.64. The second kappa shape index (κ2) is 8.50. The number of hydrogen-bond donors (Lipinski definition) is 2. The lowest BCUT2D eigenvalue weighted by Crippen LogP contribution is -2.72. The zero-order valence-electron chi connectivity index (χ0n) is 17.9. The molecule has 7 heteroatoms. The number of aliphatic imine (C=N–C) groups is 1. The first-order valence-electron chi connectivity index (χ1n) is 10.6. The SMILES string of the molecule is CCN=C(NC(C)Cc1c(C)nn(C)c1C)NC1C2CCOC2C12CCC2.I. The molecular formula is C21H36IN5O. The fraction of sp³-hybridized carbons (Fsp3) is 0.810. The van der Waals surface area contributed by atoms with Crippen LogP contribution in [-0.2, 0) is 18.2 Å². The molecule has 6 nitrogen and oxygen atoms in total. The van der Waals surface area contributed by atoms with Crippen molar-refractivity contribution in [3.05, 3.63) is 17.0 Å². The third-order valence-electron chi connectivity index (χ3n) is 7.20. The Balaban J connectivity index is 0.00000225. The Labute approximate surface area is 186 Å². The maximum Gasteiger partial charge on any atom is 0.191 e. The number of aryl methyl sites for hydroxylation is 2. The van der Waals surface area contributed by atoms with Gasteiger partial charge in [-0.2, -0.15) is 5.10 Å². The van der Waals surface area contributed by atoms with E-state index in [2.05, 4.69) is 43.4 Å². The lowest BCUT2D eigenvalue weighted by Gasteiger charge is -2.63. The highest BCUT2D eigenvalue weighted by Crippen LogP contribution is 2.62. The number of halogens is 1. The Hall–Kier alpha value is -0.830. The molecule has 4 rings (SSSR count). The molecule has 3 aliphatic rings. The van der Waals surface area contributed by atoms with Crippen molar-refractivity contribution in [2.45, 2.75) is 78.0 Å². The number of rotatable bonds is 5. The van der Waals surface area contributed by atoms with Crippen LogP contribution >= 0.6 is 24.0 Å². The summed E-state index contributed by atoms with van der Waals surface area (Å²) >= 11 is 0. The minimum Gasteiger partial charge on any atom is -0.377 e. The monoisotopic (exact) mass is 501 g/mol. The van der Waals surface area contributed by atoms with Gasteiger partial charge in [0, 0.05) is 49.3 Å². The molecule has 3 fully saturated rings. The maximum absolute atomic E-state index is 6.06. The Morgan fingerprint density at radius 1 is 1.39 bits per heavy atom. The van der Waals surface area contributed by atoms with E-state index in [0.717, 1.165) is 31.2 Å². The van der Waals surface area contributed by atoms with Gasteiger partial charge >= 0.3 is 0 Å². The summed E-state index contributed by atoms with van der Waals surface area (Å²) in [6.45, 7) is 10.3. The van der Waals surface area contributed by atoms with Crippen molar-refractivity contribution in [2.24, 2.45) is 23.4 Å². The van der Waals surface area contributed by atoms with Gasteiger partial charge in [0.1, 0.15) is 0 Å². The van der Waals surface area contributed by atoms with Gasteiger partial charge in [0.05, 0.1) is 11.8 Å². The molecule has 2 N–H and O–H groups in total. The molecule has 28 heavy (non-hydrogen) atoms. The van der Waals surface area contributed by atoms with Crippen LogP contribution in [0.2, 0.25) is 0 Å². The molecule has 0 radical (unpaired) electrons. The highest BCUT2D eigenvalue weighted by molar-refractivity contribution is 14.0. The van der Waals surface area contributed by atoms with Crippen LogP contribution in [0.3, 0.4) is 0 Å². The van der Waals surface area contributed by atoms with Gasteiger partial charge in [0.25, 0.3) is 0 Å². The van der Waals surface area contributed by atoms with E-state index in [0.29, 0.717) is 29.5 Å². The van der Waals surface area contributed by atoms with Crippen molar-refractivity contribution in [3.8, 4) is 0 Å². The predicted octanol–water partition coefficient (Wildman–Crippen LogP) is 3.10. The molecule has 1 aromatic rings. The molecule has 0 bridgehead atoms. The van der Waals surface area contributed by atoms with Gasteiger partial charge in [-0.05, 0) is 58.9 Å². The second-order valence-electron chi connectivity index (χ2n) is 8.80. The first kappa shape index (κ1) is 21.9. The van der Waals surface area contributed by atoms with Gasteiger partial charge in [-0.15, -0.1) is 24.0 Å². The largest absolute Gasteiger partial charge is 0.377 e. The van der Waals surface area contributed by atoms with E-state index in [-0.39, 0.29) is 24.0 Å². The quantitative estimate of drug-likeness (QED) is 0.370. The van der Waals surface area contributed by atoms with E-state index < -0.39 is 0 Å². The standard InChI is InChI=1S/C21H35N5O.HI/c1-6-22-20(23-13(2)12-17-14(3)25-26(5)15(17)4)24-18-16-8-11-27-19(16)21(18)9-7-10-21;/h13,16,18-19H,6-12H2,1-5H3,(H2,22,23,24);1H. The molecule has 1 saturated heterocycles. The summed E-state index contributed by atoms with van der Waals surface area (Å²) < 4.78 is 8.04. The highest BCUT2D eigenvalue weighted by Gasteiger charge is 2.66. The molecule has 1 aromatic heterocycles. The minimum absolute atomic E-state index is 0. The zero-order chi connectivity index (χ0) is 19.2. The van der Waals surface area contributed by atoms with Crippen LogP contribution in [0.1, 0.15) is 56.5 Å². The molecule has 0 amide bonds. The van der Waals surface area contributed by atoms with Crippen LogP contribution in [-0.4, -0.2) is 47.1 Å². The first-order valence-corrected chi connectivity index (χ1v) is 10.6. The molecule has 2 saturated carbocycles. The van der Waals surface area contributed by atoms with Crippen LogP contribution in [0.25, 0.3) is 0 Å². The highest BCUT2D eigenvalue weighted by atomic mass is 127. The average Bonchev–Trinajstić information content (AvgIpc) is 3.09. The van der Waals surface area contributed by atoms with Gasteiger partial charge < -0.3 is 15.4 Å². The lowest BCUT2D eigenvalue weighted by atomic mass is 9.46. The third kappa shape index (κ3) is 3.57. The molecule has 0 aromatic carbocycles. The van der Waals surface area contributed by atoms with Crippen molar-refractivity contribution in [1.82, 2.24) is 20.4 Å². The number of aromatic nitrogens is 2. The number of nitrogens with zero attached hydrogens (tertiary/aromatic N) is 3. The summed E-state index contributed by atoms with van der Waals surface area (Å²) in [7, 11) is 2.02. The summed E-state index contributed by atoms with van der Waals surface area (Å²) in [5, 5.41) is 12.0. The second-order valence-corrected chi connectivity index (χ2v) is 8.80. The number of fused-ring (bicyclic) bond motifs is 2. The van der Waals surface area contributed by atoms with E-state index in [1.54, 1.807) is 0 Å². The Morgan fingerprint density at radius 3 is 2.71 bits per heavy atom. The number of nitrogens with one attached hydrogen (secondary N) is 2. The van der Waals surface area contributed by atoms with Crippen LogP contribution in [0, 0.1) is 25.2 Å². The van der Waals surface area contributed by atoms with E-state index in [4.69, 9.17) is 9.73 Å². The van der Waals surface area contributed by atoms with Crippen molar-refractivity contribution in [3.63, 3.8) is 0 Å². The molecule has 1 spiro atoms. The van der Waals surface area contributed by atoms with Crippen molar-refractivity contribution < 1.29 is 4.74 Å². The van der Waals surface area contributed by atoms with E-state index in [9.17, 15) is 0 Å². The van der Waals surface area contributed by atoms with E-state index >= 15 is 0 Å². The predicted molar refractivity (Wildman–Crippen MR) is 123 cm³/mol. The van der Waals surface area contributed by atoms with Gasteiger partial charge in [0.2, 0.25) is 0 Å². The van der Waals surface area contributed by atoms with Gasteiger partial charge in [-0.3, -0.25) is 9.67 Å². The molecule has 2 heterocycles. The summed E-state index contributed by atoms with van der Waals surface area (Å²) in [6, 6.07) is 0.822. The molecule has 4 atom stereocenters. The molecule has 1 aliphatic heterocycles.